The summed E-state index contributed by atoms with van der Waals surface area (Å²) in [6.07, 6.45) is 2.42. The fourth-order valence-electron chi connectivity index (χ4n) is 1.24. The lowest BCUT2D eigenvalue weighted by Crippen LogP contribution is -2.53. The van der Waals surface area contributed by atoms with Gasteiger partial charge in [0.1, 0.15) is 12.1 Å². The molecule has 0 spiro atoms. The van der Waals surface area contributed by atoms with Crippen LogP contribution in [0.15, 0.2) is 0 Å². The molecule has 0 aliphatic rings. The van der Waals surface area contributed by atoms with Crippen molar-refractivity contribution in [1.29, 1.82) is 0 Å². The van der Waals surface area contributed by atoms with Gasteiger partial charge in [0.2, 0.25) is 11.8 Å². The average molecular weight is 323 g/mol. The standard InChI is InChI=1S/C11H21N3O4S2/c1-6(9(15)14-8(5-19)11(17)18)13-10(16)7(12)3-4-20-2/h6-8,19H,3-5,12H2,1-2H3,(H,13,16)(H,14,15)(H,17,18)/t6-,7-,8-/m0/s1. The van der Waals surface area contributed by atoms with Gasteiger partial charge in [0, 0.05) is 5.75 Å². The minimum absolute atomic E-state index is 0.0328. The second kappa shape index (κ2) is 9.89. The van der Waals surface area contributed by atoms with Gasteiger partial charge in [-0.2, -0.15) is 24.4 Å². The van der Waals surface area contributed by atoms with Crippen molar-refractivity contribution in [3.05, 3.63) is 0 Å². The number of hydrogen-bond acceptors (Lipinski definition) is 6. The van der Waals surface area contributed by atoms with Gasteiger partial charge in [0.15, 0.2) is 0 Å². The van der Waals surface area contributed by atoms with Gasteiger partial charge in [-0.15, -0.1) is 0 Å². The van der Waals surface area contributed by atoms with Gasteiger partial charge in [-0.25, -0.2) is 4.79 Å². The molecule has 20 heavy (non-hydrogen) atoms. The third kappa shape index (κ3) is 7.01. The highest BCUT2D eigenvalue weighted by atomic mass is 32.2. The van der Waals surface area contributed by atoms with Gasteiger partial charge in [-0.3, -0.25) is 9.59 Å². The molecule has 0 rings (SSSR count). The first kappa shape index (κ1) is 19.1. The summed E-state index contributed by atoms with van der Waals surface area (Å²) in [4.78, 5) is 34.2. The number of aliphatic carboxylic acids is 1. The Labute approximate surface area is 127 Å². The third-order valence-electron chi connectivity index (χ3n) is 2.52. The molecular formula is C11H21N3O4S2. The molecule has 116 valence electrons. The zero-order valence-electron chi connectivity index (χ0n) is 11.5. The number of carbonyl (C=O) groups excluding carboxylic acids is 2. The number of carbonyl (C=O) groups is 3. The normalized spacial score (nSPS) is 15.0. The Morgan fingerprint density at radius 2 is 1.90 bits per heavy atom. The molecule has 0 radical (unpaired) electrons. The Balaban J connectivity index is 4.31. The van der Waals surface area contributed by atoms with Crippen molar-refractivity contribution in [1.82, 2.24) is 10.6 Å². The molecular weight excluding hydrogens is 302 g/mol. The lowest BCUT2D eigenvalue weighted by molar-refractivity contribution is -0.141. The SMILES string of the molecule is CSCC[C@H](N)C(=O)N[C@@H](C)C(=O)N[C@@H](CS)C(=O)O. The molecule has 0 aromatic carbocycles. The maximum atomic E-state index is 11.7. The number of nitrogens with one attached hydrogen (secondary N) is 2. The zero-order valence-corrected chi connectivity index (χ0v) is 13.2. The number of thioether (sulfide) groups is 1. The molecule has 0 aliphatic carbocycles. The summed E-state index contributed by atoms with van der Waals surface area (Å²) in [6.45, 7) is 1.46. The van der Waals surface area contributed by atoms with Crippen molar-refractivity contribution in [2.75, 3.05) is 17.8 Å². The Morgan fingerprint density at radius 1 is 1.30 bits per heavy atom. The second-order valence-electron chi connectivity index (χ2n) is 4.20. The van der Waals surface area contributed by atoms with E-state index in [-0.39, 0.29) is 5.75 Å². The van der Waals surface area contributed by atoms with Crippen molar-refractivity contribution in [2.45, 2.75) is 31.5 Å². The molecule has 7 nitrogen and oxygen atoms in total. The molecule has 0 heterocycles. The number of thiol groups is 1. The van der Waals surface area contributed by atoms with E-state index in [0.29, 0.717) is 6.42 Å². The van der Waals surface area contributed by atoms with Gasteiger partial charge in [0.05, 0.1) is 6.04 Å². The lowest BCUT2D eigenvalue weighted by atomic mass is 10.2. The predicted molar refractivity (Wildman–Crippen MR) is 82.0 cm³/mol. The van der Waals surface area contributed by atoms with E-state index in [4.69, 9.17) is 10.8 Å². The molecule has 5 N–H and O–H groups in total. The van der Waals surface area contributed by atoms with Crippen LogP contribution in [0.4, 0.5) is 0 Å². The van der Waals surface area contributed by atoms with Crippen LogP contribution in [0.25, 0.3) is 0 Å². The van der Waals surface area contributed by atoms with E-state index in [1.807, 2.05) is 6.26 Å². The van der Waals surface area contributed by atoms with Crippen molar-refractivity contribution in [2.24, 2.45) is 5.73 Å². The molecule has 0 aromatic heterocycles. The quantitative estimate of drug-likeness (QED) is 0.350. The van der Waals surface area contributed by atoms with E-state index < -0.39 is 35.9 Å². The molecule has 9 heteroatoms. The van der Waals surface area contributed by atoms with Crippen molar-refractivity contribution < 1.29 is 19.5 Å². The minimum atomic E-state index is -1.18. The second-order valence-corrected chi connectivity index (χ2v) is 5.55. The smallest absolute Gasteiger partial charge is 0.327 e. The van der Waals surface area contributed by atoms with Crippen LogP contribution in [0.1, 0.15) is 13.3 Å². The van der Waals surface area contributed by atoms with E-state index in [9.17, 15) is 14.4 Å². The summed E-state index contributed by atoms with van der Waals surface area (Å²) in [5, 5.41) is 13.5. The van der Waals surface area contributed by atoms with Gasteiger partial charge in [0.25, 0.3) is 0 Å². The number of amides is 2. The Bertz CT molecular complexity index is 355. The summed E-state index contributed by atoms with van der Waals surface area (Å²) in [7, 11) is 0. The van der Waals surface area contributed by atoms with Crippen LogP contribution in [0.2, 0.25) is 0 Å². The Hall–Kier alpha value is -0.930. The van der Waals surface area contributed by atoms with Crippen LogP contribution in [0.5, 0.6) is 0 Å². The van der Waals surface area contributed by atoms with Gasteiger partial charge in [-0.05, 0) is 25.4 Å². The van der Waals surface area contributed by atoms with E-state index in [0.717, 1.165) is 5.75 Å². The van der Waals surface area contributed by atoms with E-state index in [1.54, 1.807) is 11.8 Å². The average Bonchev–Trinajstić information content (AvgIpc) is 2.40. The molecule has 0 bridgehead atoms. The predicted octanol–water partition coefficient (Wildman–Crippen LogP) is -0.929. The molecule has 0 saturated carbocycles. The fraction of sp³-hybridized carbons (Fsp3) is 0.727. The first-order valence-electron chi connectivity index (χ1n) is 6.02. The van der Waals surface area contributed by atoms with Crippen LogP contribution < -0.4 is 16.4 Å². The summed E-state index contributed by atoms with van der Waals surface area (Å²) < 4.78 is 0. The lowest BCUT2D eigenvalue weighted by Gasteiger charge is -2.19. The van der Waals surface area contributed by atoms with Crippen LogP contribution >= 0.6 is 24.4 Å². The third-order valence-corrected chi connectivity index (χ3v) is 3.53. The van der Waals surface area contributed by atoms with Gasteiger partial charge in [-0.1, -0.05) is 0 Å². The number of nitrogens with two attached hydrogens (primary N) is 1. The maximum Gasteiger partial charge on any atom is 0.327 e. The van der Waals surface area contributed by atoms with Crippen LogP contribution in [-0.4, -0.2) is 58.8 Å². The zero-order chi connectivity index (χ0) is 15.7. The summed E-state index contributed by atoms with van der Waals surface area (Å²) >= 11 is 5.41. The minimum Gasteiger partial charge on any atom is -0.480 e. The van der Waals surface area contributed by atoms with E-state index >= 15 is 0 Å². The van der Waals surface area contributed by atoms with Crippen molar-refractivity contribution >= 4 is 42.2 Å². The Kier molecular flexibility index (Phi) is 9.43. The largest absolute Gasteiger partial charge is 0.480 e. The highest BCUT2D eigenvalue weighted by Gasteiger charge is 2.24. The highest BCUT2D eigenvalue weighted by molar-refractivity contribution is 7.98. The molecule has 0 aromatic rings. The summed E-state index contributed by atoms with van der Waals surface area (Å²) in [5.41, 5.74) is 5.66. The number of hydrogen-bond donors (Lipinski definition) is 5. The van der Waals surface area contributed by atoms with E-state index in [2.05, 4.69) is 23.3 Å². The van der Waals surface area contributed by atoms with Gasteiger partial charge >= 0.3 is 5.97 Å². The molecule has 0 aliphatic heterocycles. The summed E-state index contributed by atoms with van der Waals surface area (Å²) in [5.74, 6) is -1.48. The van der Waals surface area contributed by atoms with Crippen LogP contribution in [0, 0.1) is 0 Å². The van der Waals surface area contributed by atoms with Crippen LogP contribution in [-0.2, 0) is 14.4 Å². The molecule has 0 fully saturated rings. The van der Waals surface area contributed by atoms with Crippen LogP contribution in [0.3, 0.4) is 0 Å². The number of carboxylic acids is 1. The molecule has 0 unspecified atom stereocenters. The number of rotatable bonds is 9. The van der Waals surface area contributed by atoms with Gasteiger partial charge < -0.3 is 21.5 Å². The maximum absolute atomic E-state index is 11.7. The Morgan fingerprint density at radius 3 is 2.35 bits per heavy atom. The monoisotopic (exact) mass is 323 g/mol. The first-order chi connectivity index (χ1) is 9.33. The van der Waals surface area contributed by atoms with E-state index in [1.165, 1.54) is 6.92 Å². The fourth-order valence-corrected chi connectivity index (χ4v) is 1.98. The number of carboxylic acid groups (broad SMARTS) is 1. The molecule has 0 saturated heterocycles. The molecule has 3 atom stereocenters. The van der Waals surface area contributed by atoms with Crippen molar-refractivity contribution in [3.63, 3.8) is 0 Å². The summed E-state index contributed by atoms with van der Waals surface area (Å²) in [6, 6.07) is -2.63. The topological polar surface area (TPSA) is 122 Å². The molecule has 2 amide bonds. The van der Waals surface area contributed by atoms with Crippen molar-refractivity contribution in [3.8, 4) is 0 Å². The first-order valence-corrected chi connectivity index (χ1v) is 8.05. The highest BCUT2D eigenvalue weighted by Crippen LogP contribution is 1.99.